The Kier molecular flexibility index (Phi) is 4.37. The van der Waals surface area contributed by atoms with Crippen LogP contribution in [0.5, 0.6) is 0 Å². The largest absolute Gasteiger partial charge is 0.393 e. The molecule has 1 aromatic heterocycles. The van der Waals surface area contributed by atoms with Gasteiger partial charge in [-0.2, -0.15) is 0 Å². The Labute approximate surface area is 137 Å². The van der Waals surface area contributed by atoms with Gasteiger partial charge >= 0.3 is 0 Å². The van der Waals surface area contributed by atoms with Crippen LogP contribution in [-0.4, -0.2) is 23.1 Å². The summed E-state index contributed by atoms with van der Waals surface area (Å²) in [6.45, 7) is 8.52. The summed E-state index contributed by atoms with van der Waals surface area (Å²) in [5.41, 5.74) is 10.5. The number of hydrogen-bond acceptors (Lipinski definition) is 5. The zero-order valence-electron chi connectivity index (χ0n) is 14.1. The number of nitrogens with zero attached hydrogens (tertiary/aromatic N) is 3. The number of aromatic nitrogens is 2. The fraction of sp³-hybridized carbons (Fsp3) is 0.444. The first kappa shape index (κ1) is 15.6. The van der Waals surface area contributed by atoms with Gasteiger partial charge in [-0.05, 0) is 55.9 Å². The van der Waals surface area contributed by atoms with Gasteiger partial charge in [-0.3, -0.25) is 0 Å². The number of anilines is 4. The number of nitrogens with one attached hydrogen (secondary N) is 1. The second-order valence-corrected chi connectivity index (χ2v) is 6.55. The zero-order chi connectivity index (χ0) is 16.4. The lowest BCUT2D eigenvalue weighted by Gasteiger charge is -2.32. The molecule has 3 N–H and O–H groups in total. The SMILES string of the molecule is Cc1ccc(Nc2ncnc(N3CCC(C)CC3)c2N)cc1C. The van der Waals surface area contributed by atoms with Crippen molar-refractivity contribution in [3.8, 4) is 0 Å². The Bertz CT molecular complexity index is 690. The molecule has 0 unspecified atom stereocenters. The minimum absolute atomic E-state index is 0.625. The minimum atomic E-state index is 0.625. The van der Waals surface area contributed by atoms with E-state index in [2.05, 4.69) is 53.1 Å². The molecule has 122 valence electrons. The maximum Gasteiger partial charge on any atom is 0.159 e. The lowest BCUT2D eigenvalue weighted by atomic mass is 9.99. The van der Waals surface area contributed by atoms with Crippen molar-refractivity contribution in [3.05, 3.63) is 35.7 Å². The Morgan fingerprint density at radius 3 is 2.57 bits per heavy atom. The summed E-state index contributed by atoms with van der Waals surface area (Å²) in [6, 6.07) is 6.26. The third-order valence-corrected chi connectivity index (χ3v) is 4.72. The summed E-state index contributed by atoms with van der Waals surface area (Å²) < 4.78 is 0. The summed E-state index contributed by atoms with van der Waals surface area (Å²) in [7, 11) is 0. The maximum absolute atomic E-state index is 6.34. The second-order valence-electron chi connectivity index (χ2n) is 6.55. The number of hydrogen-bond donors (Lipinski definition) is 2. The number of piperidine rings is 1. The van der Waals surface area contributed by atoms with Gasteiger partial charge in [-0.25, -0.2) is 9.97 Å². The predicted molar refractivity (Wildman–Crippen MR) is 96.3 cm³/mol. The van der Waals surface area contributed by atoms with E-state index in [1.807, 2.05) is 6.07 Å². The molecule has 0 radical (unpaired) electrons. The van der Waals surface area contributed by atoms with Gasteiger partial charge in [-0.15, -0.1) is 0 Å². The van der Waals surface area contributed by atoms with Crippen LogP contribution in [0.2, 0.25) is 0 Å². The molecule has 1 fully saturated rings. The Morgan fingerprint density at radius 1 is 1.13 bits per heavy atom. The van der Waals surface area contributed by atoms with Gasteiger partial charge in [0.05, 0.1) is 0 Å². The number of nitrogen functional groups attached to an aromatic ring is 1. The molecule has 0 spiro atoms. The van der Waals surface area contributed by atoms with Crippen molar-refractivity contribution < 1.29 is 0 Å². The molecule has 1 aromatic carbocycles. The van der Waals surface area contributed by atoms with Crippen molar-refractivity contribution in [2.24, 2.45) is 5.92 Å². The molecular formula is C18H25N5. The van der Waals surface area contributed by atoms with Crippen LogP contribution in [0.25, 0.3) is 0 Å². The van der Waals surface area contributed by atoms with Gasteiger partial charge in [0, 0.05) is 18.8 Å². The molecule has 3 rings (SSSR count). The van der Waals surface area contributed by atoms with E-state index in [4.69, 9.17) is 5.73 Å². The molecule has 0 aliphatic carbocycles. The van der Waals surface area contributed by atoms with E-state index in [0.29, 0.717) is 11.5 Å². The molecule has 1 aliphatic rings. The van der Waals surface area contributed by atoms with E-state index >= 15 is 0 Å². The third-order valence-electron chi connectivity index (χ3n) is 4.72. The first-order chi connectivity index (χ1) is 11.0. The fourth-order valence-corrected chi connectivity index (χ4v) is 2.91. The second kappa shape index (κ2) is 6.44. The molecule has 5 heteroatoms. The van der Waals surface area contributed by atoms with Crippen LogP contribution in [0.15, 0.2) is 24.5 Å². The number of benzene rings is 1. The summed E-state index contributed by atoms with van der Waals surface area (Å²) in [6.07, 6.45) is 3.96. The number of rotatable bonds is 3. The van der Waals surface area contributed by atoms with E-state index in [-0.39, 0.29) is 0 Å². The molecular weight excluding hydrogens is 286 g/mol. The molecule has 0 atom stereocenters. The van der Waals surface area contributed by atoms with Crippen LogP contribution in [0.4, 0.5) is 23.0 Å². The van der Waals surface area contributed by atoms with Crippen molar-refractivity contribution in [2.45, 2.75) is 33.6 Å². The highest BCUT2D eigenvalue weighted by Gasteiger charge is 2.20. The fourth-order valence-electron chi connectivity index (χ4n) is 2.91. The first-order valence-electron chi connectivity index (χ1n) is 8.24. The Hall–Kier alpha value is -2.30. The zero-order valence-corrected chi connectivity index (χ0v) is 14.1. The number of nitrogens with two attached hydrogens (primary N) is 1. The van der Waals surface area contributed by atoms with E-state index in [1.165, 1.54) is 24.0 Å². The third kappa shape index (κ3) is 3.38. The first-order valence-corrected chi connectivity index (χ1v) is 8.24. The van der Waals surface area contributed by atoms with Crippen LogP contribution in [0, 0.1) is 19.8 Å². The van der Waals surface area contributed by atoms with Crippen molar-refractivity contribution in [1.82, 2.24) is 9.97 Å². The predicted octanol–water partition coefficient (Wildman–Crippen LogP) is 3.66. The molecule has 5 nitrogen and oxygen atoms in total. The van der Waals surface area contributed by atoms with Crippen molar-refractivity contribution in [3.63, 3.8) is 0 Å². The average Bonchev–Trinajstić information content (AvgIpc) is 2.54. The maximum atomic E-state index is 6.34. The highest BCUT2D eigenvalue weighted by atomic mass is 15.2. The van der Waals surface area contributed by atoms with E-state index in [0.717, 1.165) is 30.5 Å². The highest BCUT2D eigenvalue weighted by molar-refractivity contribution is 5.78. The average molecular weight is 311 g/mol. The topological polar surface area (TPSA) is 67.1 Å². The van der Waals surface area contributed by atoms with Gasteiger partial charge < -0.3 is 16.0 Å². The lowest BCUT2D eigenvalue weighted by molar-refractivity contribution is 0.437. The summed E-state index contributed by atoms with van der Waals surface area (Å²) >= 11 is 0. The summed E-state index contributed by atoms with van der Waals surface area (Å²) in [4.78, 5) is 11.0. The van der Waals surface area contributed by atoms with Crippen LogP contribution >= 0.6 is 0 Å². The van der Waals surface area contributed by atoms with Gasteiger partial charge in [0.15, 0.2) is 11.6 Å². The molecule has 0 bridgehead atoms. The van der Waals surface area contributed by atoms with Gasteiger partial charge in [0.2, 0.25) is 0 Å². The number of aryl methyl sites for hydroxylation is 2. The Morgan fingerprint density at radius 2 is 1.87 bits per heavy atom. The molecule has 2 aromatic rings. The van der Waals surface area contributed by atoms with Crippen LogP contribution in [-0.2, 0) is 0 Å². The van der Waals surface area contributed by atoms with Crippen LogP contribution in [0.3, 0.4) is 0 Å². The normalized spacial score (nSPS) is 15.7. The molecule has 0 amide bonds. The molecule has 1 aliphatic heterocycles. The van der Waals surface area contributed by atoms with Crippen LogP contribution < -0.4 is 16.0 Å². The van der Waals surface area contributed by atoms with Gasteiger partial charge in [-0.1, -0.05) is 13.0 Å². The lowest BCUT2D eigenvalue weighted by Crippen LogP contribution is -2.34. The van der Waals surface area contributed by atoms with Crippen molar-refractivity contribution >= 4 is 23.0 Å². The van der Waals surface area contributed by atoms with E-state index < -0.39 is 0 Å². The monoisotopic (exact) mass is 311 g/mol. The molecule has 23 heavy (non-hydrogen) atoms. The minimum Gasteiger partial charge on any atom is -0.393 e. The summed E-state index contributed by atoms with van der Waals surface area (Å²) in [5, 5.41) is 3.33. The van der Waals surface area contributed by atoms with Crippen LogP contribution in [0.1, 0.15) is 30.9 Å². The summed E-state index contributed by atoms with van der Waals surface area (Å²) in [5.74, 6) is 2.30. The van der Waals surface area contributed by atoms with E-state index in [1.54, 1.807) is 6.33 Å². The van der Waals surface area contributed by atoms with Gasteiger partial charge in [0.25, 0.3) is 0 Å². The molecule has 1 saturated heterocycles. The van der Waals surface area contributed by atoms with E-state index in [9.17, 15) is 0 Å². The smallest absolute Gasteiger partial charge is 0.159 e. The quantitative estimate of drug-likeness (QED) is 0.905. The molecule has 0 saturated carbocycles. The van der Waals surface area contributed by atoms with Gasteiger partial charge in [0.1, 0.15) is 12.0 Å². The molecule has 2 heterocycles. The van der Waals surface area contributed by atoms with Crippen molar-refractivity contribution in [1.29, 1.82) is 0 Å². The Balaban J connectivity index is 1.83. The van der Waals surface area contributed by atoms with Crippen molar-refractivity contribution in [2.75, 3.05) is 29.0 Å². The standard InChI is InChI=1S/C18H25N5/c1-12-6-8-23(9-7-12)18-16(19)17(20-11-21-18)22-15-5-4-13(2)14(3)10-15/h4-5,10-12H,6-9,19H2,1-3H3,(H,20,21,22). The highest BCUT2D eigenvalue weighted by Crippen LogP contribution is 2.31.